The summed E-state index contributed by atoms with van der Waals surface area (Å²) >= 11 is 3.51. The third-order valence-electron chi connectivity index (χ3n) is 1.96. The maximum absolute atomic E-state index is 11.9. The summed E-state index contributed by atoms with van der Waals surface area (Å²) in [7, 11) is 0. The predicted molar refractivity (Wildman–Crippen MR) is 52.2 cm³/mol. The molecule has 0 bridgehead atoms. The number of rotatable bonds is 6. The first-order valence-electron chi connectivity index (χ1n) is 4.73. The molecule has 0 saturated heterocycles. The summed E-state index contributed by atoms with van der Waals surface area (Å²) in [4.78, 5) is 0. The number of hydrogen-bond acceptors (Lipinski definition) is 1. The van der Waals surface area contributed by atoms with E-state index in [1.807, 2.05) is 0 Å². The molecule has 80 valence electrons. The molecule has 1 unspecified atom stereocenters. The SMILES string of the molecule is CCCCCCCC(S)C(F)(F)F. The quantitative estimate of drug-likeness (QED) is 0.497. The average Bonchev–Trinajstić information content (AvgIpc) is 2.02. The largest absolute Gasteiger partial charge is 0.400 e. The standard InChI is InChI=1S/C9H17F3S/c1-2-3-4-5-6-7-8(13)9(10,11)12/h8,13H,2-7H2,1H3. The molecule has 0 N–H and O–H groups in total. The van der Waals surface area contributed by atoms with Crippen LogP contribution >= 0.6 is 12.6 Å². The van der Waals surface area contributed by atoms with Gasteiger partial charge >= 0.3 is 6.18 Å². The fraction of sp³-hybridized carbons (Fsp3) is 1.00. The molecule has 0 aliphatic rings. The lowest BCUT2D eigenvalue weighted by atomic mass is 10.1. The highest BCUT2D eigenvalue weighted by molar-refractivity contribution is 7.81. The van der Waals surface area contributed by atoms with E-state index in [1.54, 1.807) is 0 Å². The zero-order chi connectivity index (χ0) is 10.3. The Balaban J connectivity index is 3.32. The van der Waals surface area contributed by atoms with Crippen LogP contribution in [0.1, 0.15) is 45.4 Å². The third kappa shape index (κ3) is 7.23. The molecular formula is C9H17F3S. The highest BCUT2D eigenvalue weighted by atomic mass is 32.1. The van der Waals surface area contributed by atoms with Gasteiger partial charge in [-0.1, -0.05) is 39.0 Å². The highest BCUT2D eigenvalue weighted by Crippen LogP contribution is 2.28. The molecular weight excluding hydrogens is 197 g/mol. The second-order valence-corrected chi connectivity index (χ2v) is 3.88. The Morgan fingerprint density at radius 3 is 2.08 bits per heavy atom. The Hall–Kier alpha value is 0.140. The summed E-state index contributed by atoms with van der Waals surface area (Å²) in [5.41, 5.74) is 0. The molecule has 0 fully saturated rings. The van der Waals surface area contributed by atoms with Crippen molar-refractivity contribution in [1.82, 2.24) is 0 Å². The molecule has 0 aliphatic heterocycles. The van der Waals surface area contributed by atoms with E-state index in [9.17, 15) is 13.2 Å². The monoisotopic (exact) mass is 214 g/mol. The van der Waals surface area contributed by atoms with Gasteiger partial charge in [0, 0.05) is 0 Å². The molecule has 0 amide bonds. The Kier molecular flexibility index (Phi) is 6.64. The summed E-state index contributed by atoms with van der Waals surface area (Å²) < 4.78 is 35.8. The molecule has 1 atom stereocenters. The van der Waals surface area contributed by atoms with E-state index in [2.05, 4.69) is 19.6 Å². The van der Waals surface area contributed by atoms with Crippen LogP contribution in [0.5, 0.6) is 0 Å². The normalized spacial score (nSPS) is 14.5. The zero-order valence-corrected chi connectivity index (χ0v) is 8.80. The van der Waals surface area contributed by atoms with Crippen molar-refractivity contribution in [1.29, 1.82) is 0 Å². The van der Waals surface area contributed by atoms with Crippen molar-refractivity contribution in [3.05, 3.63) is 0 Å². The lowest BCUT2D eigenvalue weighted by Crippen LogP contribution is -2.23. The van der Waals surface area contributed by atoms with E-state index in [0.29, 0.717) is 6.42 Å². The van der Waals surface area contributed by atoms with Crippen LogP contribution in [-0.2, 0) is 0 Å². The van der Waals surface area contributed by atoms with Crippen LogP contribution < -0.4 is 0 Å². The molecule has 0 heterocycles. The number of halogens is 3. The van der Waals surface area contributed by atoms with E-state index in [4.69, 9.17) is 0 Å². The molecule has 0 aromatic rings. The fourth-order valence-corrected chi connectivity index (χ4v) is 1.29. The van der Waals surface area contributed by atoms with E-state index < -0.39 is 11.4 Å². The molecule has 0 radical (unpaired) electrons. The molecule has 0 saturated carbocycles. The lowest BCUT2D eigenvalue weighted by molar-refractivity contribution is -0.129. The van der Waals surface area contributed by atoms with Gasteiger partial charge in [-0.2, -0.15) is 25.8 Å². The van der Waals surface area contributed by atoms with Crippen molar-refractivity contribution >= 4 is 12.6 Å². The molecule has 0 aliphatic carbocycles. The minimum Gasteiger partial charge on any atom is -0.170 e. The van der Waals surface area contributed by atoms with Crippen molar-refractivity contribution < 1.29 is 13.2 Å². The first-order chi connectivity index (χ1) is 5.98. The Morgan fingerprint density at radius 2 is 1.62 bits per heavy atom. The molecule has 0 aromatic heterocycles. The minimum atomic E-state index is -4.13. The van der Waals surface area contributed by atoms with Gasteiger partial charge in [0.2, 0.25) is 0 Å². The zero-order valence-electron chi connectivity index (χ0n) is 7.90. The Morgan fingerprint density at radius 1 is 1.08 bits per heavy atom. The molecule has 0 aromatic carbocycles. The van der Waals surface area contributed by atoms with Crippen LogP contribution in [0.2, 0.25) is 0 Å². The van der Waals surface area contributed by atoms with Crippen molar-refractivity contribution in [2.45, 2.75) is 56.9 Å². The van der Waals surface area contributed by atoms with Gasteiger partial charge < -0.3 is 0 Å². The Labute approximate surface area is 83.3 Å². The van der Waals surface area contributed by atoms with E-state index in [-0.39, 0.29) is 6.42 Å². The fourth-order valence-electron chi connectivity index (χ4n) is 1.10. The topological polar surface area (TPSA) is 0 Å². The van der Waals surface area contributed by atoms with E-state index in [0.717, 1.165) is 25.7 Å². The van der Waals surface area contributed by atoms with Crippen LogP contribution in [0.25, 0.3) is 0 Å². The van der Waals surface area contributed by atoms with Gasteiger partial charge in [-0.05, 0) is 6.42 Å². The van der Waals surface area contributed by atoms with Gasteiger partial charge in [-0.3, -0.25) is 0 Å². The van der Waals surface area contributed by atoms with Crippen LogP contribution in [0, 0.1) is 0 Å². The number of hydrogen-bond donors (Lipinski definition) is 1. The maximum Gasteiger partial charge on any atom is 0.400 e. The summed E-state index contributed by atoms with van der Waals surface area (Å²) in [6.07, 6.45) is 0.806. The predicted octanol–water partition coefficient (Wildman–Crippen LogP) is 4.21. The van der Waals surface area contributed by atoms with E-state index >= 15 is 0 Å². The smallest absolute Gasteiger partial charge is 0.170 e. The van der Waals surface area contributed by atoms with Gasteiger partial charge in [0.1, 0.15) is 0 Å². The maximum atomic E-state index is 11.9. The molecule has 13 heavy (non-hydrogen) atoms. The van der Waals surface area contributed by atoms with Crippen LogP contribution in [-0.4, -0.2) is 11.4 Å². The van der Waals surface area contributed by atoms with Crippen molar-refractivity contribution in [2.75, 3.05) is 0 Å². The van der Waals surface area contributed by atoms with Gasteiger partial charge in [0.05, 0.1) is 5.25 Å². The summed E-state index contributed by atoms with van der Waals surface area (Å²) in [6.45, 7) is 2.08. The van der Waals surface area contributed by atoms with Gasteiger partial charge in [-0.25, -0.2) is 0 Å². The summed E-state index contributed by atoms with van der Waals surface area (Å²) in [5.74, 6) is 0. The Bertz CT molecular complexity index is 123. The second kappa shape index (κ2) is 6.57. The van der Waals surface area contributed by atoms with Crippen molar-refractivity contribution in [3.8, 4) is 0 Å². The average molecular weight is 214 g/mol. The molecule has 0 nitrogen and oxygen atoms in total. The van der Waals surface area contributed by atoms with Crippen molar-refractivity contribution in [3.63, 3.8) is 0 Å². The highest BCUT2D eigenvalue weighted by Gasteiger charge is 2.35. The first kappa shape index (κ1) is 13.1. The van der Waals surface area contributed by atoms with Gasteiger partial charge in [-0.15, -0.1) is 0 Å². The van der Waals surface area contributed by atoms with Gasteiger partial charge in [0.25, 0.3) is 0 Å². The number of unbranched alkanes of at least 4 members (excludes halogenated alkanes) is 4. The van der Waals surface area contributed by atoms with Crippen LogP contribution in [0.4, 0.5) is 13.2 Å². The molecule has 0 rings (SSSR count). The second-order valence-electron chi connectivity index (χ2n) is 3.26. The van der Waals surface area contributed by atoms with E-state index in [1.165, 1.54) is 0 Å². The van der Waals surface area contributed by atoms with Crippen LogP contribution in [0.3, 0.4) is 0 Å². The van der Waals surface area contributed by atoms with Crippen LogP contribution in [0.15, 0.2) is 0 Å². The minimum absolute atomic E-state index is 0.149. The number of alkyl halides is 3. The lowest BCUT2D eigenvalue weighted by Gasteiger charge is -2.13. The molecule has 0 spiro atoms. The molecule has 4 heteroatoms. The number of thiol groups is 1. The summed E-state index contributed by atoms with van der Waals surface area (Å²) in [6, 6.07) is 0. The van der Waals surface area contributed by atoms with Crippen molar-refractivity contribution in [2.24, 2.45) is 0 Å². The third-order valence-corrected chi connectivity index (χ3v) is 2.51. The van der Waals surface area contributed by atoms with Gasteiger partial charge in [0.15, 0.2) is 0 Å². The summed E-state index contributed by atoms with van der Waals surface area (Å²) in [5, 5.41) is -1.44. The first-order valence-corrected chi connectivity index (χ1v) is 5.25.